The van der Waals surface area contributed by atoms with Crippen LogP contribution in [0.5, 0.6) is 69.0 Å². The molecule has 11 heteroatoms. The lowest BCUT2D eigenvalue weighted by Crippen LogP contribution is -2.32. The minimum absolute atomic E-state index is 0.196. The molecule has 11 nitrogen and oxygen atoms in total. The van der Waals surface area contributed by atoms with Crippen molar-refractivity contribution in [1.29, 1.82) is 0 Å². The van der Waals surface area contributed by atoms with Crippen molar-refractivity contribution in [3.63, 3.8) is 0 Å². The quantitative estimate of drug-likeness (QED) is 0.0456. The van der Waals surface area contributed by atoms with Crippen LogP contribution in [0.4, 0.5) is 0 Å². The standard InChI is InChI=1S/C57H36O11/c58-47-43(48(59)52(63)55(66)51(47)62)31-15-19-35-37(23-31)33-13-7-8-14-34(33)45-36-20-16-32(44-49(60)53(64)56(67)54(65)50(44)61)24-40(36)57(46(35)45)38-21-17-29(27-9-3-1-4-10-27)25-41(38)68-42-26-30(18-22-39(42)57)28-11-5-2-6-12-28/h1-26,58-67H. The van der Waals surface area contributed by atoms with Crippen molar-refractivity contribution in [2.45, 2.75) is 5.41 Å². The molecule has 1 aliphatic carbocycles. The third-order valence-electron chi connectivity index (χ3n) is 13.6. The summed E-state index contributed by atoms with van der Waals surface area (Å²) in [7, 11) is 0. The van der Waals surface area contributed by atoms with Crippen molar-refractivity contribution in [1.82, 2.24) is 0 Å². The van der Waals surface area contributed by atoms with Gasteiger partial charge in [-0.15, -0.1) is 0 Å². The molecular formula is C57H36O11. The van der Waals surface area contributed by atoms with Gasteiger partial charge in [-0.2, -0.15) is 0 Å². The van der Waals surface area contributed by atoms with E-state index in [1.165, 1.54) is 0 Å². The van der Waals surface area contributed by atoms with E-state index in [1.807, 2.05) is 133 Å². The van der Waals surface area contributed by atoms with Crippen molar-refractivity contribution < 1.29 is 55.8 Å². The third-order valence-corrected chi connectivity index (χ3v) is 13.6. The number of rotatable bonds is 4. The zero-order valence-electron chi connectivity index (χ0n) is 35.4. The number of fused-ring (bicyclic) bond motifs is 14. The summed E-state index contributed by atoms with van der Waals surface area (Å²) in [5, 5.41) is 111. The predicted octanol–water partition coefficient (Wildman–Crippen LogP) is 12.2. The minimum atomic E-state index is -1.29. The number of hydrogen-bond acceptors (Lipinski definition) is 11. The maximum absolute atomic E-state index is 11.4. The summed E-state index contributed by atoms with van der Waals surface area (Å²) < 4.78 is 7.05. The van der Waals surface area contributed by atoms with Gasteiger partial charge in [-0.3, -0.25) is 0 Å². The largest absolute Gasteiger partial charge is 0.504 e. The monoisotopic (exact) mass is 896 g/mol. The normalized spacial score (nSPS) is 12.9. The molecule has 0 aromatic heterocycles. The summed E-state index contributed by atoms with van der Waals surface area (Å²) in [6, 6.07) is 50.1. The van der Waals surface area contributed by atoms with E-state index in [9.17, 15) is 51.1 Å². The molecule has 0 amide bonds. The first kappa shape index (κ1) is 40.1. The van der Waals surface area contributed by atoms with Crippen molar-refractivity contribution in [3.8, 4) is 125 Å². The van der Waals surface area contributed by atoms with E-state index in [-0.39, 0.29) is 22.3 Å². The highest BCUT2D eigenvalue weighted by Gasteiger charge is 2.53. The van der Waals surface area contributed by atoms with Gasteiger partial charge in [-0.25, -0.2) is 0 Å². The molecular weight excluding hydrogens is 861 g/mol. The first-order chi connectivity index (χ1) is 32.9. The van der Waals surface area contributed by atoms with Gasteiger partial charge in [-0.1, -0.05) is 133 Å². The second-order valence-electron chi connectivity index (χ2n) is 17.1. The molecule has 10 aromatic carbocycles. The molecule has 0 saturated carbocycles. The highest BCUT2D eigenvalue weighted by Crippen LogP contribution is 2.67. The van der Waals surface area contributed by atoms with Crippen molar-refractivity contribution in [2.75, 3.05) is 0 Å². The molecule has 10 aromatic rings. The molecule has 0 fully saturated rings. The third kappa shape index (κ3) is 5.29. The SMILES string of the molecule is Oc1c(O)c(O)c(-c2ccc3c(c2)C2(c4ccc(-c5ccccc5)cc4Oc4cc(-c5ccccc5)ccc42)c2c-3c3ccccc3c3cc(-c4c(O)c(O)c(O)c(O)c4O)ccc23)c(O)c1O. The Bertz CT molecular complexity index is 3680. The summed E-state index contributed by atoms with van der Waals surface area (Å²) in [6.07, 6.45) is 0. The summed E-state index contributed by atoms with van der Waals surface area (Å²) in [5.41, 5.74) is 6.66. The zero-order chi connectivity index (χ0) is 46.9. The molecule has 68 heavy (non-hydrogen) atoms. The fourth-order valence-electron chi connectivity index (χ4n) is 10.6. The van der Waals surface area contributed by atoms with Crippen LogP contribution in [0, 0.1) is 0 Å². The molecule has 12 rings (SSSR count). The molecule has 10 N–H and O–H groups in total. The van der Waals surface area contributed by atoms with Crippen LogP contribution in [0.15, 0.2) is 158 Å². The predicted molar refractivity (Wildman–Crippen MR) is 257 cm³/mol. The fourth-order valence-corrected chi connectivity index (χ4v) is 10.6. The van der Waals surface area contributed by atoms with Crippen molar-refractivity contribution in [2.24, 2.45) is 0 Å². The topological polar surface area (TPSA) is 212 Å². The summed E-state index contributed by atoms with van der Waals surface area (Å²) in [4.78, 5) is 0. The van der Waals surface area contributed by atoms with Gasteiger partial charge in [0.1, 0.15) is 11.5 Å². The molecule has 1 heterocycles. The van der Waals surface area contributed by atoms with E-state index in [4.69, 9.17) is 4.74 Å². The van der Waals surface area contributed by atoms with Crippen LogP contribution in [-0.4, -0.2) is 51.1 Å². The Kier molecular flexibility index (Phi) is 8.40. The Morgan fingerprint density at radius 3 is 1.22 bits per heavy atom. The molecule has 330 valence electrons. The number of phenolic OH excluding ortho intramolecular Hbond substituents is 10. The lowest BCUT2D eigenvalue weighted by atomic mass is 9.64. The van der Waals surface area contributed by atoms with Gasteiger partial charge in [0.15, 0.2) is 23.0 Å². The summed E-state index contributed by atoms with van der Waals surface area (Å²) in [6.45, 7) is 0. The first-order valence-corrected chi connectivity index (χ1v) is 21.5. The number of benzene rings is 10. The fraction of sp³-hybridized carbons (Fsp3) is 0.0175. The van der Waals surface area contributed by atoms with Gasteiger partial charge in [0, 0.05) is 11.1 Å². The Labute approximate surface area is 386 Å². The molecule has 1 aliphatic heterocycles. The molecule has 0 saturated heterocycles. The average molecular weight is 897 g/mol. The molecule has 0 bridgehead atoms. The Balaban J connectivity index is 1.26. The Morgan fingerprint density at radius 2 is 0.706 bits per heavy atom. The molecule has 2 aliphatic rings. The van der Waals surface area contributed by atoms with Crippen LogP contribution in [0.1, 0.15) is 22.3 Å². The highest BCUT2D eigenvalue weighted by atomic mass is 16.5. The second kappa shape index (κ2) is 14.3. The highest BCUT2D eigenvalue weighted by molar-refractivity contribution is 6.20. The smallest absolute Gasteiger partial charge is 0.208 e. The Morgan fingerprint density at radius 1 is 0.279 bits per heavy atom. The number of aromatic hydroxyl groups is 10. The van der Waals surface area contributed by atoms with E-state index in [0.29, 0.717) is 22.4 Å². The zero-order valence-corrected chi connectivity index (χ0v) is 35.4. The van der Waals surface area contributed by atoms with Gasteiger partial charge in [0.2, 0.25) is 34.5 Å². The van der Waals surface area contributed by atoms with Gasteiger partial charge in [-0.05, 0) is 101 Å². The van der Waals surface area contributed by atoms with Crippen LogP contribution >= 0.6 is 0 Å². The van der Waals surface area contributed by atoms with Gasteiger partial charge in [0.05, 0.1) is 16.5 Å². The lowest BCUT2D eigenvalue weighted by molar-refractivity contribution is 0.330. The van der Waals surface area contributed by atoms with E-state index in [0.717, 1.165) is 66.2 Å². The second-order valence-corrected chi connectivity index (χ2v) is 17.1. The van der Waals surface area contributed by atoms with E-state index in [2.05, 4.69) is 0 Å². The van der Waals surface area contributed by atoms with Crippen LogP contribution in [0.2, 0.25) is 0 Å². The molecule has 0 atom stereocenters. The molecule has 0 unspecified atom stereocenters. The van der Waals surface area contributed by atoms with Crippen LogP contribution < -0.4 is 4.74 Å². The lowest BCUT2D eigenvalue weighted by Gasteiger charge is -2.40. The molecule has 1 spiro atoms. The molecule has 0 radical (unpaired) electrons. The number of phenols is 10. The Hall–Kier alpha value is -9.48. The van der Waals surface area contributed by atoms with Crippen molar-refractivity contribution in [3.05, 3.63) is 180 Å². The maximum atomic E-state index is 11.4. The summed E-state index contributed by atoms with van der Waals surface area (Å²) in [5.74, 6) is -8.53. The van der Waals surface area contributed by atoms with E-state index in [1.54, 1.807) is 24.3 Å². The van der Waals surface area contributed by atoms with Gasteiger partial charge in [0.25, 0.3) is 0 Å². The number of ether oxygens (including phenoxy) is 1. The summed E-state index contributed by atoms with van der Waals surface area (Å²) >= 11 is 0. The van der Waals surface area contributed by atoms with Gasteiger partial charge < -0.3 is 55.8 Å². The van der Waals surface area contributed by atoms with Gasteiger partial charge >= 0.3 is 0 Å². The minimum Gasteiger partial charge on any atom is -0.504 e. The van der Waals surface area contributed by atoms with E-state index >= 15 is 0 Å². The van der Waals surface area contributed by atoms with Crippen LogP contribution in [0.25, 0.3) is 77.2 Å². The first-order valence-electron chi connectivity index (χ1n) is 21.5. The van der Waals surface area contributed by atoms with Crippen LogP contribution in [-0.2, 0) is 5.41 Å². The van der Waals surface area contributed by atoms with Crippen LogP contribution in [0.3, 0.4) is 0 Å². The average Bonchev–Trinajstić information content (AvgIpc) is 3.67. The van der Waals surface area contributed by atoms with Crippen molar-refractivity contribution >= 4 is 21.5 Å². The number of hydrogen-bond donors (Lipinski definition) is 10. The maximum Gasteiger partial charge on any atom is 0.208 e. The van der Waals surface area contributed by atoms with E-state index < -0.39 is 62.9 Å².